The number of hydrogen-bond acceptors (Lipinski definition) is 5. The molecule has 0 aliphatic carbocycles. The van der Waals surface area contributed by atoms with E-state index in [0.717, 1.165) is 23.7 Å². The first-order valence-corrected chi connectivity index (χ1v) is 9.45. The van der Waals surface area contributed by atoms with Gasteiger partial charge in [0.1, 0.15) is 16.5 Å². The third kappa shape index (κ3) is 3.20. The second kappa shape index (κ2) is 7.56. The molecule has 6 nitrogen and oxygen atoms in total. The zero-order chi connectivity index (χ0) is 19.7. The molecular formula is C21H20ClN3O3. The van der Waals surface area contributed by atoms with Crippen LogP contribution in [-0.4, -0.2) is 50.0 Å². The maximum Gasteiger partial charge on any atom is 0.283 e. The molecule has 28 heavy (non-hydrogen) atoms. The average molecular weight is 398 g/mol. The van der Waals surface area contributed by atoms with Crippen molar-refractivity contribution in [1.82, 2.24) is 4.90 Å². The number of rotatable bonds is 4. The van der Waals surface area contributed by atoms with E-state index < -0.39 is 5.91 Å². The minimum absolute atomic E-state index is 0.0195. The number of halogens is 1. The highest BCUT2D eigenvalue weighted by molar-refractivity contribution is 6.52. The molecule has 0 saturated carbocycles. The van der Waals surface area contributed by atoms with Crippen molar-refractivity contribution in [1.29, 1.82) is 0 Å². The molecule has 2 aromatic rings. The van der Waals surface area contributed by atoms with Crippen LogP contribution < -0.4 is 14.5 Å². The van der Waals surface area contributed by atoms with Gasteiger partial charge in [-0.25, -0.2) is 4.90 Å². The van der Waals surface area contributed by atoms with Crippen molar-refractivity contribution in [2.45, 2.75) is 0 Å². The summed E-state index contributed by atoms with van der Waals surface area (Å²) in [5, 5.41) is -0.0195. The molecule has 0 radical (unpaired) electrons. The van der Waals surface area contributed by atoms with Crippen LogP contribution in [0, 0.1) is 0 Å². The predicted octanol–water partition coefficient (Wildman–Crippen LogP) is 2.84. The molecular weight excluding hydrogens is 378 g/mol. The Labute approximate surface area is 168 Å². The number of para-hydroxylation sites is 1. The number of benzene rings is 2. The van der Waals surface area contributed by atoms with Gasteiger partial charge in [0.05, 0.1) is 12.8 Å². The molecule has 0 spiro atoms. The topological polar surface area (TPSA) is 53.1 Å². The van der Waals surface area contributed by atoms with Crippen LogP contribution in [-0.2, 0) is 9.59 Å². The van der Waals surface area contributed by atoms with Gasteiger partial charge in [0.15, 0.2) is 0 Å². The molecule has 2 aliphatic heterocycles. The van der Waals surface area contributed by atoms with Gasteiger partial charge in [-0.1, -0.05) is 29.8 Å². The molecule has 0 atom stereocenters. The Hall–Kier alpha value is -2.99. The van der Waals surface area contributed by atoms with E-state index in [2.05, 4.69) is 17.0 Å². The van der Waals surface area contributed by atoms with Crippen molar-refractivity contribution in [3.05, 3.63) is 65.3 Å². The number of methoxy groups -OCH3 is 1. The van der Waals surface area contributed by atoms with Crippen molar-refractivity contribution in [3.8, 4) is 5.75 Å². The summed E-state index contributed by atoms with van der Waals surface area (Å²) >= 11 is 6.30. The molecule has 4 rings (SSSR count). The maximum absolute atomic E-state index is 13.0. The molecule has 7 heteroatoms. The lowest BCUT2D eigenvalue weighted by Crippen LogP contribution is -2.47. The monoisotopic (exact) mass is 397 g/mol. The molecule has 2 amide bonds. The van der Waals surface area contributed by atoms with Gasteiger partial charge in [-0.3, -0.25) is 9.59 Å². The highest BCUT2D eigenvalue weighted by atomic mass is 35.5. The van der Waals surface area contributed by atoms with Crippen molar-refractivity contribution >= 4 is 34.8 Å². The molecule has 2 heterocycles. The standard InChI is InChI=1S/C21H20ClN3O3/c1-28-17-9-7-16(8-10-17)25-20(26)18(22)19(21(25)27)24-13-11-23(12-14-24)15-5-3-2-4-6-15/h2-10H,11-14H2,1H3. The Bertz CT molecular complexity index is 920. The number of ether oxygens (including phenoxy) is 1. The fourth-order valence-electron chi connectivity index (χ4n) is 3.56. The lowest BCUT2D eigenvalue weighted by molar-refractivity contribution is -0.121. The van der Waals surface area contributed by atoms with Gasteiger partial charge in [-0.15, -0.1) is 0 Å². The molecule has 1 saturated heterocycles. The Morgan fingerprint density at radius 2 is 1.39 bits per heavy atom. The lowest BCUT2D eigenvalue weighted by Gasteiger charge is -2.37. The number of amides is 2. The van der Waals surface area contributed by atoms with E-state index in [1.54, 1.807) is 31.4 Å². The first-order valence-electron chi connectivity index (χ1n) is 9.07. The average Bonchev–Trinajstić information content (AvgIpc) is 2.97. The molecule has 1 fully saturated rings. The zero-order valence-corrected chi connectivity index (χ0v) is 16.2. The van der Waals surface area contributed by atoms with Crippen LogP contribution in [0.15, 0.2) is 65.3 Å². The van der Waals surface area contributed by atoms with E-state index in [0.29, 0.717) is 24.5 Å². The van der Waals surface area contributed by atoms with Gasteiger partial charge < -0.3 is 14.5 Å². The Kier molecular flexibility index (Phi) is 4.96. The Morgan fingerprint density at radius 1 is 0.786 bits per heavy atom. The van der Waals surface area contributed by atoms with Crippen molar-refractivity contribution < 1.29 is 14.3 Å². The Morgan fingerprint density at radius 3 is 2.00 bits per heavy atom. The van der Waals surface area contributed by atoms with Crippen LogP contribution in [0.2, 0.25) is 0 Å². The highest BCUT2D eigenvalue weighted by Gasteiger charge is 2.41. The van der Waals surface area contributed by atoms with Crippen LogP contribution in [0.5, 0.6) is 5.75 Å². The lowest BCUT2D eigenvalue weighted by atomic mass is 10.2. The minimum Gasteiger partial charge on any atom is -0.497 e. The largest absolute Gasteiger partial charge is 0.497 e. The smallest absolute Gasteiger partial charge is 0.283 e. The van der Waals surface area contributed by atoms with Gasteiger partial charge in [-0.05, 0) is 36.4 Å². The molecule has 0 unspecified atom stereocenters. The second-order valence-corrected chi connectivity index (χ2v) is 6.99. The number of piperazine rings is 1. The highest BCUT2D eigenvalue weighted by Crippen LogP contribution is 2.32. The molecule has 2 aromatic carbocycles. The molecule has 0 bridgehead atoms. The van der Waals surface area contributed by atoms with Crippen LogP contribution in [0.1, 0.15) is 0 Å². The quantitative estimate of drug-likeness (QED) is 0.742. The van der Waals surface area contributed by atoms with Crippen LogP contribution in [0.3, 0.4) is 0 Å². The summed E-state index contributed by atoms with van der Waals surface area (Å²) in [7, 11) is 1.56. The Balaban J connectivity index is 1.50. The maximum atomic E-state index is 13.0. The van der Waals surface area contributed by atoms with Crippen molar-refractivity contribution in [2.24, 2.45) is 0 Å². The SMILES string of the molecule is COc1ccc(N2C(=O)C(Cl)=C(N3CCN(c4ccccc4)CC3)C2=O)cc1. The van der Waals surface area contributed by atoms with E-state index in [1.165, 1.54) is 0 Å². The van der Waals surface area contributed by atoms with E-state index >= 15 is 0 Å². The van der Waals surface area contributed by atoms with Crippen LogP contribution in [0.25, 0.3) is 0 Å². The summed E-state index contributed by atoms with van der Waals surface area (Å²) in [4.78, 5) is 31.0. The zero-order valence-electron chi connectivity index (χ0n) is 15.5. The normalized spacial score (nSPS) is 17.6. The summed E-state index contributed by atoms with van der Waals surface area (Å²) in [6.45, 7) is 2.75. The van der Waals surface area contributed by atoms with E-state index in [1.807, 2.05) is 23.1 Å². The fraction of sp³-hybridized carbons (Fsp3) is 0.238. The minimum atomic E-state index is -0.489. The summed E-state index contributed by atoms with van der Waals surface area (Å²) in [5.74, 6) is -0.218. The number of anilines is 2. The summed E-state index contributed by atoms with van der Waals surface area (Å²) in [5.41, 5.74) is 1.91. The second-order valence-electron chi connectivity index (χ2n) is 6.62. The summed E-state index contributed by atoms with van der Waals surface area (Å²) in [6.07, 6.45) is 0. The molecule has 144 valence electrons. The van der Waals surface area contributed by atoms with Crippen LogP contribution in [0.4, 0.5) is 11.4 Å². The predicted molar refractivity (Wildman–Crippen MR) is 109 cm³/mol. The third-order valence-electron chi connectivity index (χ3n) is 5.05. The molecule has 0 N–H and O–H groups in total. The van der Waals surface area contributed by atoms with Gasteiger partial charge >= 0.3 is 0 Å². The van der Waals surface area contributed by atoms with Gasteiger partial charge in [0.2, 0.25) is 0 Å². The van der Waals surface area contributed by atoms with E-state index in [9.17, 15) is 9.59 Å². The number of hydrogen-bond donors (Lipinski definition) is 0. The van der Waals surface area contributed by atoms with E-state index in [4.69, 9.17) is 16.3 Å². The van der Waals surface area contributed by atoms with Crippen molar-refractivity contribution in [2.75, 3.05) is 43.1 Å². The van der Waals surface area contributed by atoms with Gasteiger partial charge in [0.25, 0.3) is 11.8 Å². The van der Waals surface area contributed by atoms with Gasteiger partial charge in [-0.2, -0.15) is 0 Å². The first kappa shape index (κ1) is 18.4. The number of carbonyl (C=O) groups is 2. The fourth-order valence-corrected chi connectivity index (χ4v) is 3.84. The first-order chi connectivity index (χ1) is 13.6. The van der Waals surface area contributed by atoms with Crippen LogP contribution >= 0.6 is 11.6 Å². The van der Waals surface area contributed by atoms with E-state index in [-0.39, 0.29) is 16.6 Å². The number of imide groups is 1. The number of nitrogens with zero attached hydrogens (tertiary/aromatic N) is 3. The van der Waals surface area contributed by atoms with Gasteiger partial charge in [0, 0.05) is 31.9 Å². The number of carbonyl (C=O) groups excluding carboxylic acids is 2. The van der Waals surface area contributed by atoms with Crippen molar-refractivity contribution in [3.63, 3.8) is 0 Å². The molecule has 2 aliphatic rings. The molecule has 0 aromatic heterocycles. The third-order valence-corrected chi connectivity index (χ3v) is 5.39. The summed E-state index contributed by atoms with van der Waals surface area (Å²) in [6, 6.07) is 16.9. The summed E-state index contributed by atoms with van der Waals surface area (Å²) < 4.78 is 5.13.